The Hall–Kier alpha value is -2.34. The highest BCUT2D eigenvalue weighted by Crippen LogP contribution is 2.01. The Kier molecular flexibility index (Phi) is 11.0. The number of rotatable bonds is 12. The number of thioether (sulfide) groups is 1. The summed E-state index contributed by atoms with van der Waals surface area (Å²) in [6.07, 6.45) is 1.59. The fourth-order valence-electron chi connectivity index (χ4n) is 1.69. The Balaban J connectivity index is 4.59. The van der Waals surface area contributed by atoms with Crippen molar-refractivity contribution in [2.75, 3.05) is 25.1 Å². The molecule has 4 amide bonds. The minimum absolute atomic E-state index is 0.281. The number of nitrogens with one attached hydrogen (secondary N) is 3. The lowest BCUT2D eigenvalue weighted by Crippen LogP contribution is -2.52. The number of carboxylic acid groups (broad SMARTS) is 1. The van der Waals surface area contributed by atoms with Crippen LogP contribution in [0.15, 0.2) is 0 Å². The summed E-state index contributed by atoms with van der Waals surface area (Å²) in [6, 6.07) is -2.34. The van der Waals surface area contributed by atoms with Crippen molar-refractivity contribution in [1.29, 1.82) is 0 Å². The van der Waals surface area contributed by atoms with Crippen LogP contribution in [0.2, 0.25) is 0 Å². The van der Waals surface area contributed by atoms with E-state index >= 15 is 0 Å². The highest BCUT2D eigenvalue weighted by atomic mass is 32.2. The van der Waals surface area contributed by atoms with Crippen LogP contribution in [0.5, 0.6) is 0 Å². The van der Waals surface area contributed by atoms with E-state index in [0.29, 0.717) is 12.2 Å². The van der Waals surface area contributed by atoms with E-state index in [1.165, 1.54) is 11.8 Å². The molecule has 0 aliphatic heterocycles. The summed E-state index contributed by atoms with van der Waals surface area (Å²) < 4.78 is 0. The summed E-state index contributed by atoms with van der Waals surface area (Å²) in [5.41, 5.74) is 10.1. The number of primary amides is 1. The molecule has 0 aromatic rings. The van der Waals surface area contributed by atoms with Crippen LogP contribution in [0.25, 0.3) is 0 Å². The molecule has 142 valence electrons. The van der Waals surface area contributed by atoms with E-state index in [1.54, 1.807) is 0 Å². The van der Waals surface area contributed by atoms with Crippen LogP contribution in [-0.2, 0) is 24.0 Å². The fourth-order valence-corrected chi connectivity index (χ4v) is 2.17. The summed E-state index contributed by atoms with van der Waals surface area (Å²) in [5, 5.41) is 15.7. The lowest BCUT2D eigenvalue weighted by atomic mass is 10.2. The van der Waals surface area contributed by atoms with Gasteiger partial charge in [-0.05, 0) is 18.4 Å². The van der Waals surface area contributed by atoms with Crippen LogP contribution < -0.4 is 27.4 Å². The molecule has 0 heterocycles. The number of nitrogens with two attached hydrogens (primary N) is 2. The number of hydrogen-bond donors (Lipinski definition) is 6. The van der Waals surface area contributed by atoms with Gasteiger partial charge in [-0.15, -0.1) is 0 Å². The largest absolute Gasteiger partial charge is 0.480 e. The third-order valence-corrected chi connectivity index (χ3v) is 3.55. The van der Waals surface area contributed by atoms with Gasteiger partial charge in [0, 0.05) is 0 Å². The second kappa shape index (κ2) is 12.1. The van der Waals surface area contributed by atoms with Gasteiger partial charge in [0.15, 0.2) is 0 Å². The Bertz CT molecular complexity index is 515. The Morgan fingerprint density at radius 1 is 1.08 bits per heavy atom. The van der Waals surface area contributed by atoms with Crippen LogP contribution in [0.1, 0.15) is 12.8 Å². The minimum atomic E-state index is -1.48. The summed E-state index contributed by atoms with van der Waals surface area (Å²) in [7, 11) is 0. The number of hydrogen-bond acceptors (Lipinski definition) is 7. The predicted molar refractivity (Wildman–Crippen MR) is 90.4 cm³/mol. The van der Waals surface area contributed by atoms with Gasteiger partial charge >= 0.3 is 5.97 Å². The minimum Gasteiger partial charge on any atom is -0.480 e. The van der Waals surface area contributed by atoms with Crippen molar-refractivity contribution in [3.8, 4) is 0 Å². The molecule has 0 bridgehead atoms. The van der Waals surface area contributed by atoms with E-state index in [9.17, 15) is 24.0 Å². The maximum atomic E-state index is 12.1. The van der Waals surface area contributed by atoms with Crippen molar-refractivity contribution in [3.63, 3.8) is 0 Å². The molecule has 0 aromatic heterocycles. The topological polar surface area (TPSA) is 194 Å². The van der Waals surface area contributed by atoms with Gasteiger partial charge in [0.05, 0.1) is 19.5 Å². The molecule has 12 heteroatoms. The average Bonchev–Trinajstić information content (AvgIpc) is 2.54. The molecule has 2 unspecified atom stereocenters. The lowest BCUT2D eigenvalue weighted by molar-refractivity contribution is -0.143. The van der Waals surface area contributed by atoms with E-state index in [2.05, 4.69) is 16.0 Å². The molecule has 2 atom stereocenters. The monoisotopic (exact) mass is 377 g/mol. The van der Waals surface area contributed by atoms with Crippen LogP contribution in [0.3, 0.4) is 0 Å². The van der Waals surface area contributed by atoms with E-state index in [1.807, 2.05) is 6.26 Å². The standard InChI is InChI=1S/C13H23N5O6S/c1-25-3-2-7(17-10(20)5-14)12(22)16-6-11(21)18-8(13(23)24)4-9(15)19/h7-8H,2-6,14H2,1H3,(H2,15,19)(H,16,22)(H,17,20)(H,18,21)(H,23,24). The molecule has 0 saturated heterocycles. The molecular weight excluding hydrogens is 354 g/mol. The van der Waals surface area contributed by atoms with Crippen molar-refractivity contribution in [1.82, 2.24) is 16.0 Å². The van der Waals surface area contributed by atoms with Crippen molar-refractivity contribution < 1.29 is 29.1 Å². The maximum absolute atomic E-state index is 12.1. The van der Waals surface area contributed by atoms with Crippen molar-refractivity contribution in [3.05, 3.63) is 0 Å². The first-order valence-electron chi connectivity index (χ1n) is 7.27. The van der Waals surface area contributed by atoms with Crippen LogP contribution in [0, 0.1) is 0 Å². The van der Waals surface area contributed by atoms with E-state index < -0.39 is 54.6 Å². The van der Waals surface area contributed by atoms with E-state index in [-0.39, 0.29) is 6.54 Å². The zero-order valence-corrected chi connectivity index (χ0v) is 14.6. The summed E-state index contributed by atoms with van der Waals surface area (Å²) in [6.45, 7) is -0.799. The maximum Gasteiger partial charge on any atom is 0.326 e. The van der Waals surface area contributed by atoms with Gasteiger partial charge in [-0.3, -0.25) is 19.2 Å². The molecule has 0 rings (SSSR count). The van der Waals surface area contributed by atoms with Gasteiger partial charge in [-0.25, -0.2) is 4.79 Å². The first-order chi connectivity index (χ1) is 11.7. The summed E-state index contributed by atoms with van der Waals surface area (Å²) in [5.74, 6) is -3.65. The predicted octanol–water partition coefficient (Wildman–Crippen LogP) is -3.26. The normalized spacial score (nSPS) is 12.6. The number of amides is 4. The molecular formula is C13H23N5O6S. The molecule has 0 aliphatic carbocycles. The zero-order chi connectivity index (χ0) is 19.4. The van der Waals surface area contributed by atoms with E-state index in [0.717, 1.165) is 0 Å². The lowest BCUT2D eigenvalue weighted by Gasteiger charge is -2.18. The molecule has 0 aromatic carbocycles. The Morgan fingerprint density at radius 3 is 2.16 bits per heavy atom. The third-order valence-electron chi connectivity index (χ3n) is 2.91. The Labute approximate surface area is 148 Å². The molecule has 8 N–H and O–H groups in total. The quantitative estimate of drug-likeness (QED) is 0.204. The summed E-state index contributed by atoms with van der Waals surface area (Å²) in [4.78, 5) is 56.8. The third kappa shape index (κ3) is 10.2. The molecule has 0 spiro atoms. The van der Waals surface area contributed by atoms with Crippen LogP contribution in [0.4, 0.5) is 0 Å². The molecule has 11 nitrogen and oxygen atoms in total. The van der Waals surface area contributed by atoms with Crippen LogP contribution in [-0.4, -0.2) is 71.9 Å². The van der Waals surface area contributed by atoms with Crippen molar-refractivity contribution in [2.45, 2.75) is 24.9 Å². The highest BCUT2D eigenvalue weighted by Gasteiger charge is 2.24. The second-order valence-corrected chi connectivity index (χ2v) is 5.94. The molecule has 0 aliphatic rings. The van der Waals surface area contributed by atoms with Gasteiger partial charge in [-0.2, -0.15) is 11.8 Å². The molecule has 0 fully saturated rings. The first-order valence-corrected chi connectivity index (χ1v) is 8.67. The fraction of sp³-hybridized carbons (Fsp3) is 0.615. The van der Waals surface area contributed by atoms with E-state index in [4.69, 9.17) is 16.6 Å². The summed E-state index contributed by atoms with van der Waals surface area (Å²) >= 11 is 1.47. The molecule has 0 saturated carbocycles. The van der Waals surface area contributed by atoms with Gasteiger partial charge < -0.3 is 32.5 Å². The zero-order valence-electron chi connectivity index (χ0n) is 13.7. The number of carbonyl (C=O) groups is 5. The number of aliphatic carboxylic acids is 1. The van der Waals surface area contributed by atoms with Crippen molar-refractivity contribution >= 4 is 41.4 Å². The van der Waals surface area contributed by atoms with Crippen molar-refractivity contribution in [2.24, 2.45) is 11.5 Å². The number of carboxylic acids is 1. The number of carbonyl (C=O) groups excluding carboxylic acids is 4. The van der Waals surface area contributed by atoms with Crippen LogP contribution >= 0.6 is 11.8 Å². The molecule has 25 heavy (non-hydrogen) atoms. The molecule has 0 radical (unpaired) electrons. The highest BCUT2D eigenvalue weighted by molar-refractivity contribution is 7.98. The average molecular weight is 377 g/mol. The second-order valence-electron chi connectivity index (χ2n) is 4.95. The van der Waals surface area contributed by atoms with Gasteiger partial charge in [0.1, 0.15) is 12.1 Å². The van der Waals surface area contributed by atoms with Gasteiger partial charge in [0.2, 0.25) is 23.6 Å². The first kappa shape index (κ1) is 22.7. The Morgan fingerprint density at radius 2 is 1.68 bits per heavy atom. The smallest absolute Gasteiger partial charge is 0.326 e. The SMILES string of the molecule is CSCCC(NC(=O)CN)C(=O)NCC(=O)NC(CC(N)=O)C(=O)O. The van der Waals surface area contributed by atoms with Gasteiger partial charge in [0.25, 0.3) is 0 Å². The van der Waals surface area contributed by atoms with Gasteiger partial charge in [-0.1, -0.05) is 0 Å².